The minimum atomic E-state index is -0.328. The topological polar surface area (TPSA) is 43.7 Å². The molecule has 0 aromatic heterocycles. The standard InChI is InChI=1S/C15H23NO2/c17-12-4-9-16-10-7-14(8-11-16)15(18)13-5-2-1-3-6-13/h1-3,5-6,14-15,17-18H,4,7-12H2. The van der Waals surface area contributed by atoms with Crippen molar-refractivity contribution in [3.8, 4) is 0 Å². The molecule has 1 aliphatic heterocycles. The maximum absolute atomic E-state index is 10.3. The summed E-state index contributed by atoms with van der Waals surface area (Å²) in [6.07, 6.45) is 2.61. The number of rotatable bonds is 5. The van der Waals surface area contributed by atoms with Crippen LogP contribution in [0.5, 0.6) is 0 Å². The van der Waals surface area contributed by atoms with Gasteiger partial charge in [0.1, 0.15) is 0 Å². The van der Waals surface area contributed by atoms with Gasteiger partial charge in [0.15, 0.2) is 0 Å². The summed E-state index contributed by atoms with van der Waals surface area (Å²) >= 11 is 0. The molecule has 1 unspecified atom stereocenters. The Bertz CT molecular complexity index is 334. The zero-order chi connectivity index (χ0) is 12.8. The van der Waals surface area contributed by atoms with Gasteiger partial charge in [0.25, 0.3) is 0 Å². The first-order valence-corrected chi connectivity index (χ1v) is 6.87. The molecule has 0 bridgehead atoms. The van der Waals surface area contributed by atoms with E-state index in [2.05, 4.69) is 4.90 Å². The Morgan fingerprint density at radius 1 is 1.17 bits per heavy atom. The highest BCUT2D eigenvalue weighted by Crippen LogP contribution is 2.30. The Morgan fingerprint density at radius 3 is 2.44 bits per heavy atom. The number of benzene rings is 1. The van der Waals surface area contributed by atoms with E-state index >= 15 is 0 Å². The van der Waals surface area contributed by atoms with Gasteiger partial charge in [0.05, 0.1) is 6.10 Å². The lowest BCUT2D eigenvalue weighted by Gasteiger charge is -2.34. The molecule has 2 rings (SSSR count). The van der Waals surface area contributed by atoms with Crippen molar-refractivity contribution in [1.29, 1.82) is 0 Å². The van der Waals surface area contributed by atoms with Crippen molar-refractivity contribution in [1.82, 2.24) is 4.90 Å². The number of hydrogen-bond acceptors (Lipinski definition) is 3. The van der Waals surface area contributed by atoms with Crippen molar-refractivity contribution in [3.05, 3.63) is 35.9 Å². The molecule has 100 valence electrons. The van der Waals surface area contributed by atoms with Gasteiger partial charge in [-0.2, -0.15) is 0 Å². The molecule has 0 radical (unpaired) electrons. The third kappa shape index (κ3) is 3.55. The minimum absolute atomic E-state index is 0.270. The zero-order valence-electron chi connectivity index (χ0n) is 10.8. The SMILES string of the molecule is OCCCN1CCC(C(O)c2ccccc2)CC1. The predicted octanol–water partition coefficient (Wildman–Crippen LogP) is 1.81. The van der Waals surface area contributed by atoms with Gasteiger partial charge in [0.2, 0.25) is 0 Å². The quantitative estimate of drug-likeness (QED) is 0.836. The van der Waals surface area contributed by atoms with Gasteiger partial charge in [-0.05, 0) is 43.8 Å². The van der Waals surface area contributed by atoms with Crippen LogP contribution < -0.4 is 0 Å². The highest BCUT2D eigenvalue weighted by Gasteiger charge is 2.25. The molecule has 1 atom stereocenters. The van der Waals surface area contributed by atoms with E-state index < -0.39 is 0 Å². The molecule has 1 aromatic rings. The molecule has 3 nitrogen and oxygen atoms in total. The number of hydrogen-bond donors (Lipinski definition) is 2. The lowest BCUT2D eigenvalue weighted by Crippen LogP contribution is -2.36. The van der Waals surface area contributed by atoms with Crippen molar-refractivity contribution in [3.63, 3.8) is 0 Å². The molecule has 0 spiro atoms. The second-order valence-electron chi connectivity index (χ2n) is 5.11. The van der Waals surface area contributed by atoms with Gasteiger partial charge >= 0.3 is 0 Å². The van der Waals surface area contributed by atoms with E-state index in [9.17, 15) is 5.11 Å². The molecule has 2 N–H and O–H groups in total. The smallest absolute Gasteiger partial charge is 0.0819 e. The number of aliphatic hydroxyl groups excluding tert-OH is 2. The maximum atomic E-state index is 10.3. The number of likely N-dealkylation sites (tertiary alicyclic amines) is 1. The lowest BCUT2D eigenvalue weighted by molar-refractivity contribution is 0.0571. The van der Waals surface area contributed by atoms with E-state index in [1.165, 1.54) is 0 Å². The van der Waals surface area contributed by atoms with Gasteiger partial charge in [-0.1, -0.05) is 30.3 Å². The van der Waals surface area contributed by atoms with E-state index in [0.29, 0.717) is 5.92 Å². The highest BCUT2D eigenvalue weighted by molar-refractivity contribution is 5.18. The van der Waals surface area contributed by atoms with Crippen LogP contribution in [-0.2, 0) is 0 Å². The molecular formula is C15H23NO2. The maximum Gasteiger partial charge on any atom is 0.0819 e. The molecule has 0 saturated carbocycles. The largest absolute Gasteiger partial charge is 0.396 e. The lowest BCUT2D eigenvalue weighted by atomic mass is 9.87. The third-order valence-electron chi connectivity index (χ3n) is 3.85. The summed E-state index contributed by atoms with van der Waals surface area (Å²) in [5.74, 6) is 0.373. The van der Waals surface area contributed by atoms with Gasteiger partial charge in [-0.25, -0.2) is 0 Å². The Balaban J connectivity index is 1.82. The Morgan fingerprint density at radius 2 is 1.83 bits per heavy atom. The molecule has 0 amide bonds. The van der Waals surface area contributed by atoms with Crippen LogP contribution in [0, 0.1) is 5.92 Å². The van der Waals surface area contributed by atoms with Crippen LogP contribution in [0.2, 0.25) is 0 Å². The van der Waals surface area contributed by atoms with Gasteiger partial charge in [-0.15, -0.1) is 0 Å². The summed E-state index contributed by atoms with van der Waals surface area (Å²) in [4.78, 5) is 2.38. The second kappa shape index (κ2) is 6.88. The molecular weight excluding hydrogens is 226 g/mol. The average Bonchev–Trinajstić information content (AvgIpc) is 2.46. The Hall–Kier alpha value is -0.900. The monoisotopic (exact) mass is 249 g/mol. The predicted molar refractivity (Wildman–Crippen MR) is 72.3 cm³/mol. The van der Waals surface area contributed by atoms with Crippen molar-refractivity contribution in [2.45, 2.75) is 25.4 Å². The molecule has 1 fully saturated rings. The fourth-order valence-corrected chi connectivity index (χ4v) is 2.71. The fourth-order valence-electron chi connectivity index (χ4n) is 2.71. The molecule has 1 aromatic carbocycles. The van der Waals surface area contributed by atoms with Crippen molar-refractivity contribution >= 4 is 0 Å². The minimum Gasteiger partial charge on any atom is -0.396 e. The van der Waals surface area contributed by atoms with E-state index in [0.717, 1.165) is 44.5 Å². The van der Waals surface area contributed by atoms with E-state index in [1.807, 2.05) is 30.3 Å². The highest BCUT2D eigenvalue weighted by atomic mass is 16.3. The van der Waals surface area contributed by atoms with Crippen LogP contribution in [0.4, 0.5) is 0 Å². The molecule has 1 aliphatic rings. The number of nitrogens with zero attached hydrogens (tertiary/aromatic N) is 1. The van der Waals surface area contributed by atoms with Crippen LogP contribution >= 0.6 is 0 Å². The first-order valence-electron chi connectivity index (χ1n) is 6.87. The van der Waals surface area contributed by atoms with E-state index in [1.54, 1.807) is 0 Å². The first kappa shape index (κ1) is 13.5. The molecule has 3 heteroatoms. The second-order valence-corrected chi connectivity index (χ2v) is 5.11. The molecule has 18 heavy (non-hydrogen) atoms. The van der Waals surface area contributed by atoms with E-state index in [4.69, 9.17) is 5.11 Å². The van der Waals surface area contributed by atoms with Crippen LogP contribution in [0.1, 0.15) is 30.9 Å². The fraction of sp³-hybridized carbons (Fsp3) is 0.600. The summed E-state index contributed by atoms with van der Waals surface area (Å²) in [7, 11) is 0. The first-order chi connectivity index (χ1) is 8.81. The van der Waals surface area contributed by atoms with Gasteiger partial charge < -0.3 is 15.1 Å². The molecule has 0 aliphatic carbocycles. The summed E-state index contributed by atoms with van der Waals surface area (Å²) in [6.45, 7) is 3.32. The molecule has 1 saturated heterocycles. The summed E-state index contributed by atoms with van der Waals surface area (Å²) in [5, 5.41) is 19.2. The number of piperidine rings is 1. The van der Waals surface area contributed by atoms with Crippen LogP contribution in [0.25, 0.3) is 0 Å². The summed E-state index contributed by atoms with van der Waals surface area (Å²) < 4.78 is 0. The summed E-state index contributed by atoms with van der Waals surface area (Å²) in [6, 6.07) is 9.95. The molecule has 1 heterocycles. The van der Waals surface area contributed by atoms with Crippen LogP contribution in [-0.4, -0.2) is 41.4 Å². The van der Waals surface area contributed by atoms with Crippen molar-refractivity contribution in [2.24, 2.45) is 5.92 Å². The van der Waals surface area contributed by atoms with Crippen LogP contribution in [0.3, 0.4) is 0 Å². The van der Waals surface area contributed by atoms with Crippen molar-refractivity contribution in [2.75, 3.05) is 26.2 Å². The van der Waals surface area contributed by atoms with Crippen LogP contribution in [0.15, 0.2) is 30.3 Å². The Kier molecular flexibility index (Phi) is 5.17. The summed E-state index contributed by atoms with van der Waals surface area (Å²) in [5.41, 5.74) is 1.03. The van der Waals surface area contributed by atoms with Crippen molar-refractivity contribution < 1.29 is 10.2 Å². The Labute approximate surface area is 109 Å². The average molecular weight is 249 g/mol. The zero-order valence-corrected chi connectivity index (χ0v) is 10.8. The van der Waals surface area contributed by atoms with Gasteiger partial charge in [-0.3, -0.25) is 0 Å². The van der Waals surface area contributed by atoms with Gasteiger partial charge in [0, 0.05) is 13.2 Å². The third-order valence-corrected chi connectivity index (χ3v) is 3.85. The normalized spacial score (nSPS) is 19.9. The number of aliphatic hydroxyl groups is 2. The van der Waals surface area contributed by atoms with E-state index in [-0.39, 0.29) is 12.7 Å².